The molecule has 2 nitrogen and oxygen atoms in total. The molecule has 92 valence electrons. The second-order valence-electron chi connectivity index (χ2n) is 3.63. The Kier molecular flexibility index (Phi) is 4.53. The highest BCUT2D eigenvalue weighted by atomic mass is 127. The van der Waals surface area contributed by atoms with E-state index in [9.17, 15) is 4.79 Å². The Morgan fingerprint density at radius 2 is 2.00 bits per heavy atom. The highest BCUT2D eigenvalue weighted by Crippen LogP contribution is 2.21. The van der Waals surface area contributed by atoms with Gasteiger partial charge in [0.2, 0.25) is 0 Å². The molecule has 0 radical (unpaired) electrons. The first-order valence-electron chi connectivity index (χ1n) is 5.12. The third-order valence-electron chi connectivity index (χ3n) is 2.28. The molecule has 2 rings (SSSR count). The summed E-state index contributed by atoms with van der Waals surface area (Å²) in [6.45, 7) is 0. The summed E-state index contributed by atoms with van der Waals surface area (Å²) >= 11 is 12.4. The molecule has 5 heteroatoms. The van der Waals surface area contributed by atoms with Crippen molar-refractivity contribution in [2.24, 2.45) is 0 Å². The van der Waals surface area contributed by atoms with Crippen molar-refractivity contribution in [3.63, 3.8) is 0 Å². The molecule has 0 aromatic heterocycles. The van der Waals surface area contributed by atoms with Gasteiger partial charge in [0.25, 0.3) is 5.91 Å². The fourth-order valence-corrected chi connectivity index (χ4v) is 2.40. The number of nitrogens with one attached hydrogen (secondary N) is 1. The minimum Gasteiger partial charge on any atom is -0.322 e. The average molecular weight is 390 g/mol. The van der Waals surface area contributed by atoms with E-state index in [0.717, 1.165) is 9.26 Å². The first-order valence-corrected chi connectivity index (χ1v) is 7.02. The Morgan fingerprint density at radius 3 is 2.72 bits per heavy atom. The maximum absolute atomic E-state index is 12.1. The van der Waals surface area contributed by atoms with Crippen LogP contribution < -0.4 is 5.32 Å². The number of hydrogen-bond acceptors (Lipinski definition) is 2. The van der Waals surface area contributed by atoms with Gasteiger partial charge in [-0.1, -0.05) is 17.7 Å². The smallest absolute Gasteiger partial charge is 0.257 e. The molecule has 0 saturated heterocycles. The third kappa shape index (κ3) is 3.40. The molecule has 0 bridgehead atoms. The predicted octanol–water partition coefficient (Wildman–Crippen LogP) is 4.49. The normalized spacial score (nSPS) is 10.2. The molecule has 0 aliphatic rings. The van der Waals surface area contributed by atoms with Crippen LogP contribution in [0.15, 0.2) is 47.4 Å². The van der Waals surface area contributed by atoms with Crippen molar-refractivity contribution in [2.45, 2.75) is 4.90 Å². The second kappa shape index (κ2) is 5.95. The zero-order valence-corrected chi connectivity index (χ0v) is 13.0. The summed E-state index contributed by atoms with van der Waals surface area (Å²) in [6, 6.07) is 12.6. The van der Waals surface area contributed by atoms with Gasteiger partial charge in [0.15, 0.2) is 0 Å². The maximum Gasteiger partial charge on any atom is 0.257 e. The molecule has 1 amide bonds. The zero-order valence-electron chi connectivity index (χ0n) is 9.15. The lowest BCUT2D eigenvalue weighted by Gasteiger charge is -2.07. The van der Waals surface area contributed by atoms with Gasteiger partial charge in [0.05, 0.1) is 10.6 Å². The molecular formula is C13H9ClINOS. The van der Waals surface area contributed by atoms with E-state index in [1.165, 1.54) is 0 Å². The van der Waals surface area contributed by atoms with Crippen molar-refractivity contribution >= 4 is 58.4 Å². The standard InChI is InChI=1S/C13H9ClINOS/c14-12-5-4-10(18)7-11(12)13(17)16-9-3-1-2-8(15)6-9/h1-7,18H,(H,16,17). The molecule has 0 fully saturated rings. The number of anilines is 1. The van der Waals surface area contributed by atoms with E-state index in [-0.39, 0.29) is 5.91 Å². The highest BCUT2D eigenvalue weighted by molar-refractivity contribution is 14.1. The lowest BCUT2D eigenvalue weighted by atomic mass is 10.2. The number of rotatable bonds is 2. The summed E-state index contributed by atoms with van der Waals surface area (Å²) in [5.41, 5.74) is 1.16. The summed E-state index contributed by atoms with van der Waals surface area (Å²) in [7, 11) is 0. The summed E-state index contributed by atoms with van der Waals surface area (Å²) in [6.07, 6.45) is 0. The van der Waals surface area contributed by atoms with Crippen molar-refractivity contribution < 1.29 is 4.79 Å². The van der Waals surface area contributed by atoms with Gasteiger partial charge in [-0.05, 0) is 59.0 Å². The quantitative estimate of drug-likeness (QED) is 0.575. The van der Waals surface area contributed by atoms with Gasteiger partial charge in [-0.3, -0.25) is 4.79 Å². The van der Waals surface area contributed by atoms with E-state index in [1.807, 2.05) is 24.3 Å². The van der Waals surface area contributed by atoms with E-state index in [1.54, 1.807) is 18.2 Å². The first-order chi connectivity index (χ1) is 8.56. The Bertz CT molecular complexity index is 603. The maximum atomic E-state index is 12.1. The monoisotopic (exact) mass is 389 g/mol. The van der Waals surface area contributed by atoms with Gasteiger partial charge in [0, 0.05) is 14.2 Å². The van der Waals surface area contributed by atoms with Gasteiger partial charge >= 0.3 is 0 Å². The summed E-state index contributed by atoms with van der Waals surface area (Å²) < 4.78 is 1.06. The van der Waals surface area contributed by atoms with Crippen molar-refractivity contribution in [2.75, 3.05) is 5.32 Å². The molecule has 1 N–H and O–H groups in total. The number of benzene rings is 2. The Hall–Kier alpha value is -0.720. The Labute approximate surface area is 129 Å². The molecule has 0 aliphatic heterocycles. The average Bonchev–Trinajstić information content (AvgIpc) is 2.32. The number of thiol groups is 1. The van der Waals surface area contributed by atoms with E-state index < -0.39 is 0 Å². The lowest BCUT2D eigenvalue weighted by molar-refractivity contribution is 0.102. The van der Waals surface area contributed by atoms with Crippen LogP contribution in [0.1, 0.15) is 10.4 Å². The van der Waals surface area contributed by atoms with Crippen LogP contribution in [0.5, 0.6) is 0 Å². The summed E-state index contributed by atoms with van der Waals surface area (Å²) in [4.78, 5) is 12.8. The van der Waals surface area contributed by atoms with Crippen LogP contribution in [-0.4, -0.2) is 5.91 Å². The van der Waals surface area contributed by atoms with Crippen LogP contribution >= 0.6 is 46.8 Å². The SMILES string of the molecule is O=C(Nc1cccc(I)c1)c1cc(S)ccc1Cl. The van der Waals surface area contributed by atoms with Crippen LogP contribution in [0.3, 0.4) is 0 Å². The van der Waals surface area contributed by atoms with Crippen molar-refractivity contribution in [1.82, 2.24) is 0 Å². The molecule has 0 spiro atoms. The zero-order chi connectivity index (χ0) is 13.1. The number of carbonyl (C=O) groups excluding carboxylic acids is 1. The van der Waals surface area contributed by atoms with E-state index in [2.05, 4.69) is 40.5 Å². The van der Waals surface area contributed by atoms with Crippen molar-refractivity contribution in [3.05, 3.63) is 56.6 Å². The van der Waals surface area contributed by atoms with Gasteiger partial charge in [-0.15, -0.1) is 12.6 Å². The molecule has 18 heavy (non-hydrogen) atoms. The molecule has 0 heterocycles. The van der Waals surface area contributed by atoms with Crippen molar-refractivity contribution in [1.29, 1.82) is 0 Å². The molecule has 0 unspecified atom stereocenters. The minimum absolute atomic E-state index is 0.238. The van der Waals surface area contributed by atoms with E-state index >= 15 is 0 Å². The van der Waals surface area contributed by atoms with Crippen LogP contribution in [0.4, 0.5) is 5.69 Å². The Balaban J connectivity index is 2.24. The number of carbonyl (C=O) groups is 1. The second-order valence-corrected chi connectivity index (χ2v) is 5.80. The van der Waals surface area contributed by atoms with E-state index in [4.69, 9.17) is 11.6 Å². The fourth-order valence-electron chi connectivity index (χ4n) is 1.45. The summed E-state index contributed by atoms with van der Waals surface area (Å²) in [5, 5.41) is 3.22. The lowest BCUT2D eigenvalue weighted by Crippen LogP contribution is -2.12. The first kappa shape index (κ1) is 13.7. The number of hydrogen-bond donors (Lipinski definition) is 2. The van der Waals surface area contributed by atoms with Gasteiger partial charge in [-0.2, -0.15) is 0 Å². The molecule has 2 aromatic carbocycles. The molecule has 0 saturated carbocycles. The minimum atomic E-state index is -0.238. The molecule has 0 atom stereocenters. The Morgan fingerprint density at radius 1 is 1.22 bits per heavy atom. The summed E-state index contributed by atoms with van der Waals surface area (Å²) in [5.74, 6) is -0.238. The third-order valence-corrected chi connectivity index (χ3v) is 3.56. The van der Waals surface area contributed by atoms with Crippen LogP contribution in [0.2, 0.25) is 5.02 Å². The van der Waals surface area contributed by atoms with Crippen LogP contribution in [0.25, 0.3) is 0 Å². The number of amides is 1. The molecule has 2 aromatic rings. The van der Waals surface area contributed by atoms with Gasteiger partial charge in [0.1, 0.15) is 0 Å². The van der Waals surface area contributed by atoms with E-state index in [0.29, 0.717) is 15.5 Å². The van der Waals surface area contributed by atoms with Crippen LogP contribution in [-0.2, 0) is 0 Å². The van der Waals surface area contributed by atoms with Crippen LogP contribution in [0, 0.1) is 3.57 Å². The van der Waals surface area contributed by atoms with Gasteiger partial charge in [-0.25, -0.2) is 0 Å². The molecular weight excluding hydrogens is 381 g/mol. The van der Waals surface area contributed by atoms with Gasteiger partial charge < -0.3 is 5.32 Å². The van der Waals surface area contributed by atoms with Crippen molar-refractivity contribution in [3.8, 4) is 0 Å². The largest absolute Gasteiger partial charge is 0.322 e. The topological polar surface area (TPSA) is 29.1 Å². The predicted molar refractivity (Wildman–Crippen MR) is 85.8 cm³/mol. The highest BCUT2D eigenvalue weighted by Gasteiger charge is 2.10. The molecule has 0 aliphatic carbocycles. The number of halogens is 2. The fraction of sp³-hybridized carbons (Fsp3) is 0.